The third-order valence-corrected chi connectivity index (χ3v) is 4.28. The number of hydrogen-bond acceptors (Lipinski definition) is 3. The van der Waals surface area contributed by atoms with Gasteiger partial charge in [0.05, 0.1) is 11.3 Å². The summed E-state index contributed by atoms with van der Waals surface area (Å²) in [5.74, 6) is -1.27. The second kappa shape index (κ2) is 6.67. The topological polar surface area (TPSA) is 66.4 Å². The molecule has 6 heteroatoms. The second-order valence-corrected chi connectivity index (χ2v) is 5.98. The number of halogens is 1. The van der Waals surface area contributed by atoms with Crippen molar-refractivity contribution in [3.8, 4) is 0 Å². The van der Waals surface area contributed by atoms with Crippen LogP contribution in [-0.4, -0.2) is 17.0 Å². The van der Waals surface area contributed by atoms with Crippen LogP contribution in [0.15, 0.2) is 40.2 Å². The Hall–Kier alpha value is -1.66. The van der Waals surface area contributed by atoms with Gasteiger partial charge in [-0.25, -0.2) is 4.79 Å². The molecule has 0 bridgehead atoms. The predicted octanol–water partition coefficient (Wildman–Crippen LogP) is 3.78. The lowest BCUT2D eigenvalue weighted by Crippen LogP contribution is -2.15. The molecule has 2 N–H and O–H groups in total. The number of benzene rings is 1. The van der Waals surface area contributed by atoms with Gasteiger partial charge in [0, 0.05) is 15.8 Å². The highest BCUT2D eigenvalue weighted by atomic mass is 79.9. The smallest absolute Gasteiger partial charge is 0.337 e. The van der Waals surface area contributed by atoms with Crippen LogP contribution in [0, 0.1) is 0 Å². The van der Waals surface area contributed by atoms with Gasteiger partial charge in [0.1, 0.15) is 0 Å². The van der Waals surface area contributed by atoms with E-state index in [1.165, 1.54) is 6.07 Å². The molecule has 0 aliphatic rings. The highest BCUT2D eigenvalue weighted by molar-refractivity contribution is 9.10. The number of nitrogens with one attached hydrogen (secondary N) is 1. The van der Waals surface area contributed by atoms with Crippen molar-refractivity contribution in [3.63, 3.8) is 0 Å². The van der Waals surface area contributed by atoms with E-state index in [1.54, 1.807) is 23.5 Å². The van der Waals surface area contributed by atoms with E-state index >= 15 is 0 Å². The Morgan fingerprint density at radius 3 is 2.70 bits per heavy atom. The summed E-state index contributed by atoms with van der Waals surface area (Å²) in [6, 6.07) is 8.69. The molecule has 20 heavy (non-hydrogen) atoms. The largest absolute Gasteiger partial charge is 0.478 e. The average Bonchev–Trinajstić information content (AvgIpc) is 2.91. The molecular weight excluding hydrogens is 342 g/mol. The maximum Gasteiger partial charge on any atom is 0.337 e. The lowest BCUT2D eigenvalue weighted by atomic mass is 10.1. The molecule has 2 rings (SSSR count). The van der Waals surface area contributed by atoms with Gasteiger partial charge in [0.15, 0.2) is 0 Å². The molecule has 0 atom stereocenters. The Kier molecular flexibility index (Phi) is 4.92. The first-order valence-corrected chi connectivity index (χ1v) is 7.59. The summed E-state index contributed by atoms with van der Waals surface area (Å²) in [6.45, 7) is 0. The fourth-order valence-electron chi connectivity index (χ4n) is 1.72. The molecule has 104 valence electrons. The molecular formula is C14H12BrNO3S. The molecule has 0 radical (unpaired) electrons. The van der Waals surface area contributed by atoms with Crippen LogP contribution in [0.3, 0.4) is 0 Å². The monoisotopic (exact) mass is 353 g/mol. The van der Waals surface area contributed by atoms with Gasteiger partial charge >= 0.3 is 5.97 Å². The van der Waals surface area contributed by atoms with Crippen molar-refractivity contribution in [1.82, 2.24) is 0 Å². The number of hydrogen-bond donors (Lipinski definition) is 2. The van der Waals surface area contributed by atoms with Crippen molar-refractivity contribution >= 4 is 44.8 Å². The Morgan fingerprint density at radius 2 is 2.05 bits per heavy atom. The zero-order valence-corrected chi connectivity index (χ0v) is 12.8. The zero-order valence-electron chi connectivity index (χ0n) is 10.4. The van der Waals surface area contributed by atoms with Gasteiger partial charge in [0.25, 0.3) is 0 Å². The van der Waals surface area contributed by atoms with Gasteiger partial charge in [-0.15, -0.1) is 11.3 Å². The van der Waals surface area contributed by atoms with E-state index in [1.807, 2.05) is 17.5 Å². The number of aromatic carboxylic acids is 1. The molecule has 1 aromatic heterocycles. The number of thiophene rings is 1. The minimum atomic E-state index is -1.07. The fraction of sp³-hybridized carbons (Fsp3) is 0.143. The fourth-order valence-corrected chi connectivity index (χ4v) is 2.90. The summed E-state index contributed by atoms with van der Waals surface area (Å²) in [7, 11) is 0. The van der Waals surface area contributed by atoms with Crippen molar-refractivity contribution < 1.29 is 14.7 Å². The average molecular weight is 354 g/mol. The number of carbonyl (C=O) groups is 2. The maximum absolute atomic E-state index is 11.9. The maximum atomic E-state index is 11.9. The van der Waals surface area contributed by atoms with Crippen LogP contribution in [-0.2, 0) is 11.2 Å². The van der Waals surface area contributed by atoms with Crippen molar-refractivity contribution in [2.45, 2.75) is 12.8 Å². The second-order valence-electron chi connectivity index (χ2n) is 4.10. The van der Waals surface area contributed by atoms with Crippen LogP contribution in [0.2, 0.25) is 0 Å². The number of carbonyl (C=O) groups excluding carboxylic acids is 1. The third-order valence-electron chi connectivity index (χ3n) is 2.69. The van der Waals surface area contributed by atoms with Crippen LogP contribution in [0.5, 0.6) is 0 Å². The quantitative estimate of drug-likeness (QED) is 0.859. The van der Waals surface area contributed by atoms with E-state index in [2.05, 4.69) is 21.2 Å². The molecule has 0 fully saturated rings. The van der Waals surface area contributed by atoms with Crippen molar-refractivity contribution in [2.75, 3.05) is 5.32 Å². The van der Waals surface area contributed by atoms with Crippen LogP contribution >= 0.6 is 27.3 Å². The zero-order chi connectivity index (χ0) is 14.5. The van der Waals surface area contributed by atoms with E-state index in [9.17, 15) is 9.59 Å². The summed E-state index contributed by atoms with van der Waals surface area (Å²) in [5, 5.41) is 13.7. The lowest BCUT2D eigenvalue weighted by molar-refractivity contribution is -0.116. The Balaban J connectivity index is 2.06. The van der Waals surface area contributed by atoms with Gasteiger partial charge in [-0.05, 0) is 45.9 Å². The van der Waals surface area contributed by atoms with Gasteiger partial charge in [-0.1, -0.05) is 12.1 Å². The molecule has 1 heterocycles. The van der Waals surface area contributed by atoms with Crippen molar-refractivity contribution in [2.24, 2.45) is 0 Å². The lowest BCUT2D eigenvalue weighted by Gasteiger charge is -2.10. The molecule has 0 unspecified atom stereocenters. The Bertz CT molecular complexity index is 625. The standard InChI is InChI=1S/C14H12BrNO3S/c15-11-5-1-4-10(14(18)19)13(11)16-12(17)7-6-9-3-2-8-20-9/h1-5,8H,6-7H2,(H,16,17)(H,18,19). The summed E-state index contributed by atoms with van der Waals surface area (Å²) in [6.07, 6.45) is 0.970. The van der Waals surface area contributed by atoms with E-state index in [-0.39, 0.29) is 11.5 Å². The predicted molar refractivity (Wildman–Crippen MR) is 82.4 cm³/mol. The molecule has 4 nitrogen and oxygen atoms in total. The molecule has 2 aromatic rings. The minimum Gasteiger partial charge on any atom is -0.478 e. The molecule has 0 saturated heterocycles. The van der Waals surface area contributed by atoms with E-state index in [4.69, 9.17) is 5.11 Å². The minimum absolute atomic E-state index is 0.0730. The van der Waals surface area contributed by atoms with E-state index in [0.717, 1.165) is 4.88 Å². The summed E-state index contributed by atoms with van der Waals surface area (Å²) in [4.78, 5) is 24.2. The van der Waals surface area contributed by atoms with Gasteiger partial charge in [-0.2, -0.15) is 0 Å². The van der Waals surface area contributed by atoms with E-state index < -0.39 is 5.97 Å². The molecule has 0 saturated carbocycles. The number of anilines is 1. The highest BCUT2D eigenvalue weighted by Gasteiger charge is 2.15. The molecule has 0 spiro atoms. The molecule has 0 aliphatic carbocycles. The summed E-state index contributed by atoms with van der Waals surface area (Å²) in [5.41, 5.74) is 0.375. The number of amides is 1. The van der Waals surface area contributed by atoms with Gasteiger partial charge in [0.2, 0.25) is 5.91 Å². The van der Waals surface area contributed by atoms with Crippen molar-refractivity contribution in [1.29, 1.82) is 0 Å². The van der Waals surface area contributed by atoms with Gasteiger partial charge in [-0.3, -0.25) is 4.79 Å². The van der Waals surface area contributed by atoms with Gasteiger partial charge < -0.3 is 10.4 Å². The van der Waals surface area contributed by atoms with Crippen LogP contribution in [0.4, 0.5) is 5.69 Å². The molecule has 0 aliphatic heterocycles. The first kappa shape index (κ1) is 14.7. The number of carboxylic acid groups (broad SMARTS) is 1. The Labute approximate surface area is 128 Å². The number of aryl methyl sites for hydroxylation is 1. The first-order chi connectivity index (χ1) is 9.58. The first-order valence-electron chi connectivity index (χ1n) is 5.92. The third kappa shape index (κ3) is 3.68. The number of rotatable bonds is 5. The van der Waals surface area contributed by atoms with Crippen LogP contribution in [0.25, 0.3) is 0 Å². The van der Waals surface area contributed by atoms with Crippen molar-refractivity contribution in [3.05, 3.63) is 50.6 Å². The normalized spacial score (nSPS) is 10.2. The van der Waals surface area contributed by atoms with E-state index in [0.29, 0.717) is 23.0 Å². The van der Waals surface area contributed by atoms with Crippen LogP contribution in [0.1, 0.15) is 21.7 Å². The number of para-hydroxylation sites is 1. The summed E-state index contributed by atoms with van der Waals surface area (Å²) < 4.78 is 0.557. The molecule has 1 amide bonds. The molecule has 1 aromatic carbocycles. The highest BCUT2D eigenvalue weighted by Crippen LogP contribution is 2.26. The SMILES string of the molecule is O=C(CCc1cccs1)Nc1c(Br)cccc1C(=O)O. The van der Waals surface area contributed by atoms with Crippen LogP contribution < -0.4 is 5.32 Å². The summed E-state index contributed by atoms with van der Waals surface area (Å²) >= 11 is 4.86. The number of carboxylic acids is 1. The Morgan fingerprint density at radius 1 is 1.25 bits per heavy atom.